The van der Waals surface area contributed by atoms with Crippen LogP contribution in [0.15, 0.2) is 23.1 Å². The van der Waals surface area contributed by atoms with E-state index in [1.807, 2.05) is 6.92 Å². The second kappa shape index (κ2) is 8.74. The molecule has 0 saturated heterocycles. The van der Waals surface area contributed by atoms with Crippen LogP contribution in [-0.4, -0.2) is 34.7 Å². The van der Waals surface area contributed by atoms with Crippen LogP contribution in [0.25, 0.3) is 0 Å². The zero-order valence-corrected chi connectivity index (χ0v) is 12.7. The van der Waals surface area contributed by atoms with Crippen LogP contribution in [0.2, 0.25) is 0 Å². The fraction of sp³-hybridized carbons (Fsp3) is 0.429. The first-order valence-electron chi connectivity index (χ1n) is 6.57. The number of hydrogen-bond acceptors (Lipinski definition) is 4. The topological polar surface area (TPSA) is 81.4 Å². The second-order valence-electron chi connectivity index (χ2n) is 4.10. The van der Waals surface area contributed by atoms with E-state index in [9.17, 15) is 12.8 Å². The highest BCUT2D eigenvalue weighted by Crippen LogP contribution is 2.14. The van der Waals surface area contributed by atoms with Crippen LogP contribution < -0.4 is 10.5 Å². The Hall–Kier alpha value is -1.46. The Balaban J connectivity index is 2.73. The molecule has 0 aliphatic carbocycles. The van der Waals surface area contributed by atoms with Gasteiger partial charge < -0.3 is 10.5 Å². The summed E-state index contributed by atoms with van der Waals surface area (Å²) >= 11 is 0. The molecule has 116 valence electrons. The van der Waals surface area contributed by atoms with Gasteiger partial charge in [0, 0.05) is 19.8 Å². The average Bonchev–Trinajstić information content (AvgIpc) is 2.45. The van der Waals surface area contributed by atoms with E-state index >= 15 is 0 Å². The first-order valence-corrected chi connectivity index (χ1v) is 8.05. The SMILES string of the molecule is CCOCCCNS(=O)(=O)c1ccc(C#CCN)c(F)c1. The molecule has 1 aromatic rings. The van der Waals surface area contributed by atoms with Gasteiger partial charge in [0.1, 0.15) is 5.82 Å². The van der Waals surface area contributed by atoms with Crippen molar-refractivity contribution in [3.8, 4) is 11.8 Å². The molecule has 0 aliphatic heterocycles. The van der Waals surface area contributed by atoms with E-state index in [4.69, 9.17) is 10.5 Å². The number of halogens is 1. The summed E-state index contributed by atoms with van der Waals surface area (Å²) in [5, 5.41) is 0. The van der Waals surface area contributed by atoms with Gasteiger partial charge in [-0.15, -0.1) is 0 Å². The molecular weight excluding hydrogens is 295 g/mol. The van der Waals surface area contributed by atoms with E-state index in [1.165, 1.54) is 12.1 Å². The van der Waals surface area contributed by atoms with Gasteiger partial charge in [-0.2, -0.15) is 0 Å². The van der Waals surface area contributed by atoms with Crippen LogP contribution >= 0.6 is 0 Å². The minimum atomic E-state index is -3.73. The largest absolute Gasteiger partial charge is 0.382 e. The van der Waals surface area contributed by atoms with Gasteiger partial charge in [0.25, 0.3) is 0 Å². The molecule has 0 aromatic heterocycles. The highest BCUT2D eigenvalue weighted by molar-refractivity contribution is 7.89. The van der Waals surface area contributed by atoms with E-state index in [0.717, 1.165) is 6.07 Å². The zero-order valence-electron chi connectivity index (χ0n) is 11.9. The highest BCUT2D eigenvalue weighted by Gasteiger charge is 2.15. The van der Waals surface area contributed by atoms with Crippen molar-refractivity contribution in [2.24, 2.45) is 5.73 Å². The van der Waals surface area contributed by atoms with Crippen LogP contribution in [0.3, 0.4) is 0 Å². The van der Waals surface area contributed by atoms with Crippen molar-refractivity contribution in [3.63, 3.8) is 0 Å². The van der Waals surface area contributed by atoms with Crippen molar-refractivity contribution in [3.05, 3.63) is 29.6 Å². The molecule has 1 aromatic carbocycles. The third-order valence-electron chi connectivity index (χ3n) is 2.54. The van der Waals surface area contributed by atoms with E-state index in [-0.39, 0.29) is 23.5 Å². The van der Waals surface area contributed by atoms with Gasteiger partial charge in [0.15, 0.2) is 0 Å². The van der Waals surface area contributed by atoms with E-state index in [0.29, 0.717) is 19.6 Å². The normalized spacial score (nSPS) is 11.0. The minimum absolute atomic E-state index is 0.112. The fourth-order valence-corrected chi connectivity index (χ4v) is 2.60. The molecular formula is C14H19FN2O3S. The number of nitrogens with two attached hydrogens (primary N) is 1. The van der Waals surface area contributed by atoms with E-state index in [2.05, 4.69) is 16.6 Å². The Bertz CT molecular complexity index is 621. The standard InChI is InChI=1S/C14H19FN2O3S/c1-2-20-10-4-9-17-21(18,19)13-7-6-12(5-3-8-16)14(15)11-13/h6-7,11,17H,2,4,8-10,16H2,1H3. The number of nitrogens with one attached hydrogen (secondary N) is 1. The molecule has 5 nitrogen and oxygen atoms in total. The molecule has 0 heterocycles. The first kappa shape index (κ1) is 17.6. The van der Waals surface area contributed by atoms with Crippen molar-refractivity contribution in [1.29, 1.82) is 0 Å². The molecule has 21 heavy (non-hydrogen) atoms. The smallest absolute Gasteiger partial charge is 0.240 e. The van der Waals surface area contributed by atoms with Crippen molar-refractivity contribution in [2.75, 3.05) is 26.3 Å². The lowest BCUT2D eigenvalue weighted by atomic mass is 10.2. The summed E-state index contributed by atoms with van der Waals surface area (Å²) in [5.41, 5.74) is 5.32. The predicted octanol–water partition coefficient (Wildman–Crippen LogP) is 0.841. The summed E-state index contributed by atoms with van der Waals surface area (Å²) in [6.07, 6.45) is 0.551. The number of hydrogen-bond donors (Lipinski definition) is 2. The summed E-state index contributed by atoms with van der Waals surface area (Å²) in [6.45, 7) is 3.27. The summed E-state index contributed by atoms with van der Waals surface area (Å²) in [4.78, 5) is -0.130. The second-order valence-corrected chi connectivity index (χ2v) is 5.86. The molecule has 0 spiro atoms. The molecule has 0 bridgehead atoms. The molecule has 3 N–H and O–H groups in total. The maximum atomic E-state index is 13.7. The van der Waals surface area contributed by atoms with Crippen LogP contribution in [0, 0.1) is 17.7 Å². The zero-order chi connectivity index (χ0) is 15.7. The number of benzene rings is 1. The van der Waals surface area contributed by atoms with Gasteiger partial charge >= 0.3 is 0 Å². The molecule has 0 saturated carbocycles. The van der Waals surface area contributed by atoms with Crippen LogP contribution in [-0.2, 0) is 14.8 Å². The summed E-state index contributed by atoms with van der Waals surface area (Å²) in [7, 11) is -3.73. The van der Waals surface area contributed by atoms with E-state index < -0.39 is 15.8 Å². The van der Waals surface area contributed by atoms with Crippen molar-refractivity contribution in [2.45, 2.75) is 18.2 Å². The lowest BCUT2D eigenvalue weighted by molar-refractivity contribution is 0.146. The Kier molecular flexibility index (Phi) is 7.32. The number of rotatable bonds is 7. The van der Waals surface area contributed by atoms with Crippen LogP contribution in [0.4, 0.5) is 4.39 Å². The first-order chi connectivity index (χ1) is 10.0. The van der Waals surface area contributed by atoms with Crippen molar-refractivity contribution in [1.82, 2.24) is 4.72 Å². The molecule has 0 atom stereocenters. The molecule has 7 heteroatoms. The van der Waals surface area contributed by atoms with Crippen molar-refractivity contribution < 1.29 is 17.5 Å². The van der Waals surface area contributed by atoms with Crippen LogP contribution in [0.1, 0.15) is 18.9 Å². The third kappa shape index (κ3) is 5.81. The van der Waals surface area contributed by atoms with Gasteiger partial charge in [-0.05, 0) is 31.5 Å². The lowest BCUT2D eigenvalue weighted by Gasteiger charge is -2.07. The monoisotopic (exact) mass is 314 g/mol. The van der Waals surface area contributed by atoms with Gasteiger partial charge in [-0.3, -0.25) is 0 Å². The number of sulfonamides is 1. The molecule has 0 fully saturated rings. The van der Waals surface area contributed by atoms with E-state index in [1.54, 1.807) is 0 Å². The van der Waals surface area contributed by atoms with Crippen molar-refractivity contribution >= 4 is 10.0 Å². The van der Waals surface area contributed by atoms with Gasteiger partial charge in [0.05, 0.1) is 17.0 Å². The predicted molar refractivity (Wildman–Crippen MR) is 78.6 cm³/mol. The van der Waals surface area contributed by atoms with Gasteiger partial charge in [-0.25, -0.2) is 17.5 Å². The van der Waals surface area contributed by atoms with Crippen LogP contribution in [0.5, 0.6) is 0 Å². The minimum Gasteiger partial charge on any atom is -0.382 e. The third-order valence-corrected chi connectivity index (χ3v) is 4.00. The maximum absolute atomic E-state index is 13.7. The molecule has 0 unspecified atom stereocenters. The fourth-order valence-electron chi connectivity index (χ4n) is 1.52. The average molecular weight is 314 g/mol. The summed E-state index contributed by atoms with van der Waals surface area (Å²) in [6, 6.07) is 3.59. The molecule has 1 rings (SSSR count). The Morgan fingerprint density at radius 1 is 1.43 bits per heavy atom. The Labute approximate surface area is 124 Å². The summed E-state index contributed by atoms with van der Waals surface area (Å²) < 4.78 is 45.2. The number of ether oxygens (including phenoxy) is 1. The Morgan fingerprint density at radius 2 is 2.19 bits per heavy atom. The van der Waals surface area contributed by atoms with Gasteiger partial charge in [0.2, 0.25) is 10.0 Å². The quantitative estimate of drug-likeness (QED) is 0.577. The summed E-state index contributed by atoms with van der Waals surface area (Å²) in [5.74, 6) is 4.37. The Morgan fingerprint density at radius 3 is 2.81 bits per heavy atom. The van der Waals surface area contributed by atoms with Gasteiger partial charge in [-0.1, -0.05) is 11.8 Å². The molecule has 0 amide bonds. The molecule has 0 radical (unpaired) electrons. The molecule has 0 aliphatic rings. The highest BCUT2D eigenvalue weighted by atomic mass is 32.2. The lowest BCUT2D eigenvalue weighted by Crippen LogP contribution is -2.25. The maximum Gasteiger partial charge on any atom is 0.240 e.